The van der Waals surface area contributed by atoms with Crippen LogP contribution in [0.1, 0.15) is 32.5 Å². The summed E-state index contributed by atoms with van der Waals surface area (Å²) in [6.07, 6.45) is 3.77. The summed E-state index contributed by atoms with van der Waals surface area (Å²) in [5.41, 5.74) is 3.99. The minimum atomic E-state index is 0.476. The number of thiophene rings is 2. The van der Waals surface area contributed by atoms with Crippen molar-refractivity contribution in [1.82, 2.24) is 19.7 Å². The van der Waals surface area contributed by atoms with Gasteiger partial charge in [-0.2, -0.15) is 0 Å². The van der Waals surface area contributed by atoms with Gasteiger partial charge in [0.15, 0.2) is 5.82 Å². The van der Waals surface area contributed by atoms with Gasteiger partial charge in [-0.05, 0) is 56.2 Å². The molecule has 0 fully saturated rings. The Balaban J connectivity index is 1.34. The highest BCUT2D eigenvalue weighted by Gasteiger charge is 2.25. The third-order valence-corrected chi connectivity index (χ3v) is 8.50. The monoisotopic (exact) mass is 501 g/mol. The summed E-state index contributed by atoms with van der Waals surface area (Å²) in [6.45, 7) is 2.47. The molecular weight excluding hydrogens is 482 g/mol. The molecule has 34 heavy (non-hydrogen) atoms. The molecular formula is C26H20ClN5S2. The van der Waals surface area contributed by atoms with Crippen LogP contribution in [0.15, 0.2) is 71.9 Å². The van der Waals surface area contributed by atoms with Crippen molar-refractivity contribution in [1.29, 1.82) is 0 Å². The molecule has 0 N–H and O–H groups in total. The van der Waals surface area contributed by atoms with Crippen molar-refractivity contribution in [3.8, 4) is 15.6 Å². The molecule has 5 heterocycles. The molecule has 8 heteroatoms. The third-order valence-electron chi connectivity index (χ3n) is 5.82. The number of aliphatic imine (C=N–C) groups is 1. The summed E-state index contributed by atoms with van der Waals surface area (Å²) in [6, 6.07) is 20.6. The van der Waals surface area contributed by atoms with E-state index in [-0.39, 0.29) is 0 Å². The van der Waals surface area contributed by atoms with Crippen LogP contribution in [0.5, 0.6) is 0 Å². The van der Waals surface area contributed by atoms with E-state index in [0.717, 1.165) is 52.0 Å². The first-order valence-electron chi connectivity index (χ1n) is 11.0. The second-order valence-electron chi connectivity index (χ2n) is 8.06. The van der Waals surface area contributed by atoms with Gasteiger partial charge in [0.1, 0.15) is 17.4 Å². The quantitative estimate of drug-likeness (QED) is 0.274. The molecule has 168 valence electrons. The molecule has 0 saturated heterocycles. The van der Waals surface area contributed by atoms with Gasteiger partial charge < -0.3 is 0 Å². The summed E-state index contributed by atoms with van der Waals surface area (Å²) in [7, 11) is 0. The minimum Gasteiger partial charge on any atom is -0.276 e. The molecule has 0 unspecified atom stereocenters. The Bertz CT molecular complexity index is 1510. The number of benzene rings is 1. The predicted octanol–water partition coefficient (Wildman–Crippen LogP) is 6.55. The van der Waals surface area contributed by atoms with E-state index in [4.69, 9.17) is 16.6 Å². The van der Waals surface area contributed by atoms with Crippen molar-refractivity contribution < 1.29 is 0 Å². The average Bonchev–Trinajstić information content (AvgIpc) is 3.56. The maximum atomic E-state index is 6.58. The highest BCUT2D eigenvalue weighted by molar-refractivity contribution is 7.15. The van der Waals surface area contributed by atoms with Crippen LogP contribution in [-0.2, 0) is 19.4 Å². The van der Waals surface area contributed by atoms with Crippen LogP contribution in [0.3, 0.4) is 0 Å². The van der Waals surface area contributed by atoms with Gasteiger partial charge in [-0.3, -0.25) is 14.5 Å². The number of hydrogen-bond donors (Lipinski definition) is 0. The molecule has 5 nitrogen and oxygen atoms in total. The first-order chi connectivity index (χ1) is 16.7. The molecule has 0 saturated carbocycles. The van der Waals surface area contributed by atoms with Crippen LogP contribution in [0.4, 0.5) is 0 Å². The lowest BCUT2D eigenvalue weighted by Crippen LogP contribution is -2.05. The topological polar surface area (TPSA) is 56.0 Å². The lowest BCUT2D eigenvalue weighted by molar-refractivity contribution is 0.869. The zero-order valence-electron chi connectivity index (χ0n) is 18.4. The predicted molar refractivity (Wildman–Crippen MR) is 140 cm³/mol. The SMILES string of the molecule is Cc1nnc2n1-c1sc(CCc3ccc(-c4ccccn4)s3)cc1C(c1ccccc1Cl)=NC2. The molecule has 0 atom stereocenters. The van der Waals surface area contributed by atoms with Crippen molar-refractivity contribution >= 4 is 40.0 Å². The van der Waals surface area contributed by atoms with E-state index in [1.54, 1.807) is 11.3 Å². The van der Waals surface area contributed by atoms with Gasteiger partial charge in [0.2, 0.25) is 0 Å². The average molecular weight is 502 g/mol. The van der Waals surface area contributed by atoms with E-state index in [0.29, 0.717) is 11.6 Å². The van der Waals surface area contributed by atoms with Gasteiger partial charge in [-0.25, -0.2) is 0 Å². The number of fused-ring (bicyclic) bond motifs is 3. The lowest BCUT2D eigenvalue weighted by atomic mass is 10.0. The molecule has 1 aliphatic rings. The van der Waals surface area contributed by atoms with Crippen molar-refractivity contribution in [2.24, 2.45) is 4.99 Å². The number of pyridine rings is 1. The Kier molecular flexibility index (Phi) is 5.61. The number of hydrogen-bond acceptors (Lipinski definition) is 6. The largest absolute Gasteiger partial charge is 0.276 e. The van der Waals surface area contributed by atoms with Crippen molar-refractivity contribution in [2.45, 2.75) is 26.3 Å². The molecule has 0 bridgehead atoms. The molecule has 0 amide bonds. The summed E-state index contributed by atoms with van der Waals surface area (Å²) in [5.74, 6) is 1.73. The van der Waals surface area contributed by atoms with Gasteiger partial charge in [-0.1, -0.05) is 35.9 Å². The Morgan fingerprint density at radius 2 is 1.76 bits per heavy atom. The van der Waals surface area contributed by atoms with Gasteiger partial charge >= 0.3 is 0 Å². The summed E-state index contributed by atoms with van der Waals surface area (Å²) >= 11 is 10.2. The third kappa shape index (κ3) is 3.90. The Hall–Kier alpha value is -3.13. The van der Waals surface area contributed by atoms with E-state index >= 15 is 0 Å². The first kappa shape index (κ1) is 21.4. The molecule has 0 radical (unpaired) electrons. The fraction of sp³-hybridized carbons (Fsp3) is 0.154. The maximum Gasteiger partial charge on any atom is 0.160 e. The van der Waals surface area contributed by atoms with Crippen LogP contribution in [-0.4, -0.2) is 25.5 Å². The molecule has 1 aliphatic heterocycles. The zero-order valence-corrected chi connectivity index (χ0v) is 20.8. The number of nitrogens with zero attached hydrogens (tertiary/aromatic N) is 5. The van der Waals surface area contributed by atoms with E-state index in [2.05, 4.69) is 44.0 Å². The van der Waals surface area contributed by atoms with Crippen LogP contribution >= 0.6 is 34.3 Å². The molecule has 6 rings (SSSR count). The van der Waals surface area contributed by atoms with E-state index in [9.17, 15) is 0 Å². The second-order valence-corrected chi connectivity index (χ2v) is 10.7. The standard InChI is InChI=1S/C26H20ClN5S2/c1-16-30-31-24-15-29-25(19-6-2-3-7-21(19)27)20-14-18(34-26(20)32(16)24)10-9-17-11-12-23(33-17)22-8-4-5-13-28-22/h2-8,11-14H,9-10,15H2,1H3. The number of halogens is 1. The fourth-order valence-electron chi connectivity index (χ4n) is 4.19. The van der Waals surface area contributed by atoms with Crippen LogP contribution in [0.25, 0.3) is 15.6 Å². The zero-order chi connectivity index (χ0) is 23.1. The fourth-order valence-corrected chi connectivity index (χ4v) is 6.62. The van der Waals surface area contributed by atoms with E-state index in [1.807, 2.05) is 60.9 Å². The smallest absolute Gasteiger partial charge is 0.160 e. The van der Waals surface area contributed by atoms with Crippen molar-refractivity contribution in [2.75, 3.05) is 0 Å². The van der Waals surface area contributed by atoms with Gasteiger partial charge in [-0.15, -0.1) is 32.9 Å². The molecule has 5 aromatic rings. The van der Waals surface area contributed by atoms with E-state index in [1.165, 1.54) is 14.6 Å². The lowest BCUT2D eigenvalue weighted by Gasteiger charge is -2.08. The minimum absolute atomic E-state index is 0.476. The molecule has 4 aromatic heterocycles. The number of rotatable bonds is 5. The first-order valence-corrected chi connectivity index (χ1v) is 13.0. The van der Waals surface area contributed by atoms with Gasteiger partial charge in [0.05, 0.1) is 16.3 Å². The Morgan fingerprint density at radius 1 is 0.912 bits per heavy atom. The number of aryl methyl sites for hydroxylation is 3. The molecule has 0 aliphatic carbocycles. The highest BCUT2D eigenvalue weighted by atomic mass is 35.5. The second kappa shape index (κ2) is 8.91. The normalized spacial score (nSPS) is 12.7. The summed E-state index contributed by atoms with van der Waals surface area (Å²) in [5, 5.41) is 10.5. The Morgan fingerprint density at radius 3 is 2.62 bits per heavy atom. The summed E-state index contributed by atoms with van der Waals surface area (Å²) in [4.78, 5) is 13.3. The van der Waals surface area contributed by atoms with Crippen LogP contribution < -0.4 is 0 Å². The maximum absolute atomic E-state index is 6.58. The van der Waals surface area contributed by atoms with E-state index < -0.39 is 0 Å². The number of aromatic nitrogens is 4. The van der Waals surface area contributed by atoms with Gasteiger partial charge in [0, 0.05) is 32.1 Å². The Labute approximate surface area is 210 Å². The van der Waals surface area contributed by atoms with Crippen molar-refractivity contribution in [3.63, 3.8) is 0 Å². The van der Waals surface area contributed by atoms with Gasteiger partial charge in [0.25, 0.3) is 0 Å². The highest BCUT2D eigenvalue weighted by Crippen LogP contribution is 2.35. The molecule has 1 aromatic carbocycles. The van der Waals surface area contributed by atoms with Crippen LogP contribution in [0.2, 0.25) is 5.02 Å². The summed E-state index contributed by atoms with van der Waals surface area (Å²) < 4.78 is 2.14. The van der Waals surface area contributed by atoms with Crippen molar-refractivity contribution in [3.05, 3.63) is 104 Å². The molecule has 0 spiro atoms. The van der Waals surface area contributed by atoms with Crippen LogP contribution in [0, 0.1) is 6.92 Å².